The van der Waals surface area contributed by atoms with Gasteiger partial charge in [0.2, 0.25) is 11.8 Å². The van der Waals surface area contributed by atoms with Crippen molar-refractivity contribution in [2.45, 2.75) is 70.4 Å². The van der Waals surface area contributed by atoms with Crippen molar-refractivity contribution >= 4 is 29.4 Å². The summed E-state index contributed by atoms with van der Waals surface area (Å²) in [6.45, 7) is 7.41. The zero-order valence-corrected chi connectivity index (χ0v) is 27.3. The molecule has 3 amide bonds. The Hall–Kier alpha value is -4.28. The second-order valence-electron chi connectivity index (χ2n) is 13.3. The topological polar surface area (TPSA) is 125 Å². The van der Waals surface area contributed by atoms with Crippen molar-refractivity contribution in [2.24, 2.45) is 17.8 Å². The van der Waals surface area contributed by atoms with E-state index in [2.05, 4.69) is 5.32 Å². The third-order valence-corrected chi connectivity index (χ3v) is 10.0. The van der Waals surface area contributed by atoms with Crippen LogP contribution in [0.4, 0.5) is 5.69 Å². The predicted octanol–water partition coefficient (Wildman–Crippen LogP) is 3.55. The van der Waals surface area contributed by atoms with Crippen LogP contribution in [-0.2, 0) is 28.7 Å². The average Bonchev–Trinajstić information content (AvgIpc) is 3.69. The summed E-state index contributed by atoms with van der Waals surface area (Å²) in [6, 6.07) is 12.5. The van der Waals surface area contributed by atoms with Crippen LogP contribution in [0.5, 0.6) is 0 Å². The Morgan fingerprint density at radius 1 is 0.979 bits per heavy atom. The lowest BCUT2D eigenvalue weighted by Crippen LogP contribution is -2.59. The molecule has 2 saturated heterocycles. The second-order valence-corrected chi connectivity index (χ2v) is 13.3. The first-order valence-electron chi connectivity index (χ1n) is 16.4. The van der Waals surface area contributed by atoms with Gasteiger partial charge in [-0.1, -0.05) is 86.7 Å². The number of aryl methyl sites for hydroxylation is 2. The van der Waals surface area contributed by atoms with Gasteiger partial charge in [-0.05, 0) is 42.9 Å². The minimum atomic E-state index is -1.41. The van der Waals surface area contributed by atoms with E-state index in [-0.39, 0.29) is 38.0 Å². The standard InChI is InChI=1S/C37H43N3O7/c1-22(2)27(20-41)40-33-36(45)39(32-23(3)12-11-13-24(32)4)19-10-6-9-16-29(42)46-21-26(25-14-7-5-8-15-25)38-34(43)30-28-17-18-37(33,47-28)31(30)35(40)44/h5-8,10-15,17-18,22,26-28,30-31,33,41H,9,16,19-21H2,1-4H3,(H,38,43)/b10-6-/t26-,27-,28-,30+,31+,33-,37+/m0/s1. The number of hydrogen-bond acceptors (Lipinski definition) is 7. The molecule has 0 saturated carbocycles. The predicted molar refractivity (Wildman–Crippen MR) is 175 cm³/mol. The van der Waals surface area contributed by atoms with Crippen molar-refractivity contribution in [3.05, 3.63) is 89.5 Å². The molecular formula is C37H43N3O7. The number of fused-ring (bicyclic) bond motifs is 2. The fourth-order valence-corrected chi connectivity index (χ4v) is 7.76. The summed E-state index contributed by atoms with van der Waals surface area (Å²) in [5, 5.41) is 13.7. The van der Waals surface area contributed by atoms with Gasteiger partial charge in [-0.25, -0.2) is 0 Å². The summed E-state index contributed by atoms with van der Waals surface area (Å²) in [6.07, 6.45) is 7.04. The maximum Gasteiger partial charge on any atom is 0.306 e. The number of benzene rings is 2. The second kappa shape index (κ2) is 13.1. The van der Waals surface area contributed by atoms with Gasteiger partial charge in [0.15, 0.2) is 0 Å². The molecule has 248 valence electrons. The smallest absolute Gasteiger partial charge is 0.306 e. The Balaban J connectivity index is 1.49. The Labute approximate surface area is 275 Å². The lowest BCUT2D eigenvalue weighted by Gasteiger charge is -2.40. The van der Waals surface area contributed by atoms with Crippen LogP contribution in [0.2, 0.25) is 0 Å². The minimum absolute atomic E-state index is 0.0797. The van der Waals surface area contributed by atoms with Crippen molar-refractivity contribution in [3.8, 4) is 0 Å². The molecule has 0 radical (unpaired) electrons. The van der Waals surface area contributed by atoms with Gasteiger partial charge in [0.1, 0.15) is 18.2 Å². The van der Waals surface area contributed by atoms with Crippen LogP contribution in [0.1, 0.15) is 49.4 Å². The van der Waals surface area contributed by atoms with Crippen molar-refractivity contribution in [2.75, 3.05) is 24.7 Å². The van der Waals surface area contributed by atoms with Gasteiger partial charge >= 0.3 is 5.97 Å². The van der Waals surface area contributed by atoms with E-state index < -0.39 is 59.5 Å². The summed E-state index contributed by atoms with van der Waals surface area (Å²) in [5.74, 6) is -3.72. The number of ether oxygens (including phenoxy) is 2. The molecule has 5 bridgehead atoms. The molecule has 4 aliphatic rings. The summed E-state index contributed by atoms with van der Waals surface area (Å²) in [4.78, 5) is 59.9. The number of nitrogens with one attached hydrogen (secondary N) is 1. The number of rotatable bonds is 5. The largest absolute Gasteiger partial charge is 0.463 e. The first-order valence-corrected chi connectivity index (χ1v) is 16.4. The Bertz CT molecular complexity index is 1580. The van der Waals surface area contributed by atoms with Crippen LogP contribution < -0.4 is 10.2 Å². The van der Waals surface area contributed by atoms with Crippen molar-refractivity contribution in [1.29, 1.82) is 0 Å². The summed E-state index contributed by atoms with van der Waals surface area (Å²) in [7, 11) is 0. The van der Waals surface area contributed by atoms with E-state index >= 15 is 4.79 Å². The molecule has 2 aromatic carbocycles. The highest BCUT2D eigenvalue weighted by atomic mass is 16.5. The first-order chi connectivity index (χ1) is 22.6. The number of likely N-dealkylation sites (tertiary alicyclic amines) is 1. The molecule has 4 aliphatic heterocycles. The van der Waals surface area contributed by atoms with E-state index in [4.69, 9.17) is 9.47 Å². The van der Waals surface area contributed by atoms with E-state index in [1.165, 1.54) is 4.90 Å². The van der Waals surface area contributed by atoms with Crippen LogP contribution in [-0.4, -0.2) is 77.2 Å². The summed E-state index contributed by atoms with van der Waals surface area (Å²) in [5.41, 5.74) is 1.81. The molecule has 0 aliphatic carbocycles. The molecule has 2 fully saturated rings. The number of esters is 1. The number of hydrogen-bond donors (Lipinski definition) is 2. The molecule has 47 heavy (non-hydrogen) atoms. The molecule has 0 unspecified atom stereocenters. The van der Waals surface area contributed by atoms with Crippen molar-refractivity contribution < 1.29 is 33.8 Å². The fourth-order valence-electron chi connectivity index (χ4n) is 7.76. The quantitative estimate of drug-likeness (QED) is 0.378. The van der Waals surface area contributed by atoms with Gasteiger partial charge < -0.3 is 29.7 Å². The van der Waals surface area contributed by atoms with Crippen LogP contribution in [0.3, 0.4) is 0 Å². The normalized spacial score (nSPS) is 30.8. The monoisotopic (exact) mass is 641 g/mol. The molecular weight excluding hydrogens is 598 g/mol. The molecule has 10 heteroatoms. The van der Waals surface area contributed by atoms with E-state index in [9.17, 15) is 19.5 Å². The number of nitrogens with zero attached hydrogens (tertiary/aromatic N) is 2. The van der Waals surface area contributed by atoms with Crippen LogP contribution >= 0.6 is 0 Å². The lowest BCUT2D eigenvalue weighted by molar-refractivity contribution is -0.147. The maximum absolute atomic E-state index is 15.1. The van der Waals surface area contributed by atoms with Gasteiger partial charge in [-0.15, -0.1) is 0 Å². The molecule has 7 atom stereocenters. The number of aliphatic hydroxyl groups is 1. The van der Waals surface area contributed by atoms with Crippen LogP contribution in [0, 0.1) is 31.6 Å². The summed E-state index contributed by atoms with van der Waals surface area (Å²) < 4.78 is 12.2. The fraction of sp³-hybridized carbons (Fsp3) is 0.459. The molecule has 6 rings (SSSR count). The van der Waals surface area contributed by atoms with Crippen molar-refractivity contribution in [3.63, 3.8) is 0 Å². The Morgan fingerprint density at radius 2 is 1.70 bits per heavy atom. The minimum Gasteiger partial charge on any atom is -0.463 e. The number of cyclic esters (lactones) is 1. The van der Waals surface area contributed by atoms with E-state index in [1.54, 1.807) is 17.1 Å². The van der Waals surface area contributed by atoms with Gasteiger partial charge in [-0.3, -0.25) is 19.2 Å². The van der Waals surface area contributed by atoms with Crippen LogP contribution in [0.25, 0.3) is 0 Å². The zero-order valence-electron chi connectivity index (χ0n) is 27.3. The first kappa shape index (κ1) is 32.7. The molecule has 1 spiro atoms. The number of para-hydroxylation sites is 1. The number of carbonyl (C=O) groups excluding carboxylic acids is 4. The average molecular weight is 642 g/mol. The number of carbonyl (C=O) groups is 4. The Kier molecular flexibility index (Phi) is 9.09. The highest BCUT2D eigenvalue weighted by Gasteiger charge is 2.74. The molecule has 2 aromatic rings. The Morgan fingerprint density at radius 3 is 2.38 bits per heavy atom. The number of anilines is 1. The zero-order chi connectivity index (χ0) is 33.5. The van der Waals surface area contributed by atoms with E-state index in [0.29, 0.717) is 12.1 Å². The third kappa shape index (κ3) is 5.67. The van der Waals surface area contributed by atoms with Gasteiger partial charge in [0.25, 0.3) is 5.91 Å². The third-order valence-electron chi connectivity index (χ3n) is 10.0. The van der Waals surface area contributed by atoms with Gasteiger partial charge in [-0.2, -0.15) is 0 Å². The molecule has 4 heterocycles. The van der Waals surface area contributed by atoms with Gasteiger partial charge in [0.05, 0.1) is 36.6 Å². The number of amides is 3. The van der Waals surface area contributed by atoms with Gasteiger partial charge in [0, 0.05) is 18.7 Å². The van der Waals surface area contributed by atoms with Crippen molar-refractivity contribution in [1.82, 2.24) is 10.2 Å². The maximum atomic E-state index is 15.1. The molecule has 10 nitrogen and oxygen atoms in total. The molecule has 2 N–H and O–H groups in total. The lowest BCUT2D eigenvalue weighted by atomic mass is 9.74. The molecule has 0 aromatic heterocycles. The SMILES string of the molecule is Cc1cccc(C)c1N1C/C=C\CCC(=O)OC[C@@H](c2ccccc2)NC(=O)[C@@H]2[C@@H]3C=C[C@]4(O3)[C@H](C1=O)N([C@@H](CO)C(C)C)C(=O)[C@@H]24. The number of aliphatic hydroxyl groups excluding tert-OH is 1. The highest BCUT2D eigenvalue weighted by molar-refractivity contribution is 6.06. The van der Waals surface area contributed by atoms with Crippen LogP contribution in [0.15, 0.2) is 72.8 Å². The number of allylic oxidation sites excluding steroid dienone is 1. The highest BCUT2D eigenvalue weighted by Crippen LogP contribution is 2.56. The van der Waals surface area contributed by atoms with E-state index in [0.717, 1.165) is 16.7 Å². The van der Waals surface area contributed by atoms with E-state index in [1.807, 2.05) is 88.4 Å². The summed E-state index contributed by atoms with van der Waals surface area (Å²) >= 11 is 0.